The smallest absolute Gasteiger partial charge is 0.355 e. The number of nitrogens with zero attached hydrogens (tertiary/aromatic N) is 1. The summed E-state index contributed by atoms with van der Waals surface area (Å²) < 4.78 is 0. The summed E-state index contributed by atoms with van der Waals surface area (Å²) in [4.78, 5) is 55.0. The van der Waals surface area contributed by atoms with Gasteiger partial charge < -0.3 is 9.82 Å². The highest BCUT2D eigenvalue weighted by Gasteiger charge is 2.38. The Labute approximate surface area is 124 Å². The summed E-state index contributed by atoms with van der Waals surface area (Å²) in [5, 5.41) is 0.394. The summed E-state index contributed by atoms with van der Waals surface area (Å²) >= 11 is 0. The first-order valence-corrected chi connectivity index (χ1v) is 6.38. The van der Waals surface area contributed by atoms with Crippen molar-refractivity contribution in [2.24, 2.45) is 0 Å². The number of aromatic nitrogens is 1. The van der Waals surface area contributed by atoms with E-state index >= 15 is 0 Å². The standard InChI is InChI=1S/C15H10N2O5/c1-8-7-16-11(6-12(8)18)15(21)22-17-13(19)9-4-2-3-5-10(9)14(17)20/h2-7H,1H3,(H,16,18). The molecule has 1 aliphatic heterocycles. The molecule has 1 N–H and O–H groups in total. The third-order valence-electron chi connectivity index (χ3n) is 3.26. The Hall–Kier alpha value is -3.22. The number of aromatic amines is 1. The first-order chi connectivity index (χ1) is 10.5. The number of carbonyl (C=O) groups is 3. The topological polar surface area (TPSA) is 96.5 Å². The number of hydroxylamine groups is 2. The molecule has 2 heterocycles. The highest BCUT2D eigenvalue weighted by Crippen LogP contribution is 2.23. The second kappa shape index (κ2) is 4.96. The Morgan fingerprint density at radius 3 is 2.23 bits per heavy atom. The van der Waals surface area contributed by atoms with E-state index in [1.807, 2.05) is 0 Å². The number of nitrogens with one attached hydrogen (secondary N) is 1. The molecule has 0 radical (unpaired) electrons. The Balaban J connectivity index is 1.87. The first kappa shape index (κ1) is 13.7. The lowest BCUT2D eigenvalue weighted by Crippen LogP contribution is -2.33. The summed E-state index contributed by atoms with van der Waals surface area (Å²) in [5.41, 5.74) is 0.257. The van der Waals surface area contributed by atoms with Crippen LogP contribution in [-0.4, -0.2) is 27.8 Å². The van der Waals surface area contributed by atoms with Crippen LogP contribution >= 0.6 is 0 Å². The largest absolute Gasteiger partial charge is 0.380 e. The van der Waals surface area contributed by atoms with E-state index in [1.165, 1.54) is 18.3 Å². The zero-order valence-corrected chi connectivity index (χ0v) is 11.5. The molecule has 0 saturated heterocycles. The minimum atomic E-state index is -0.994. The molecule has 0 aliphatic carbocycles. The van der Waals surface area contributed by atoms with Gasteiger partial charge in [-0.1, -0.05) is 17.2 Å². The molecule has 0 fully saturated rings. The van der Waals surface area contributed by atoms with Crippen molar-refractivity contribution >= 4 is 17.8 Å². The maximum atomic E-state index is 12.1. The number of carbonyl (C=O) groups excluding carboxylic acids is 3. The second-order valence-corrected chi connectivity index (χ2v) is 4.72. The Kier molecular flexibility index (Phi) is 3.10. The predicted octanol–water partition coefficient (Wildman–Crippen LogP) is 1.05. The Bertz CT molecular complexity index is 833. The molecule has 0 atom stereocenters. The number of benzene rings is 1. The van der Waals surface area contributed by atoms with Crippen molar-refractivity contribution < 1.29 is 19.2 Å². The van der Waals surface area contributed by atoms with Crippen LogP contribution in [0, 0.1) is 6.92 Å². The van der Waals surface area contributed by atoms with E-state index in [-0.39, 0.29) is 22.2 Å². The quantitative estimate of drug-likeness (QED) is 0.836. The molecule has 7 heteroatoms. The maximum Gasteiger partial charge on any atom is 0.380 e. The molecular weight excluding hydrogens is 288 g/mol. The minimum Gasteiger partial charge on any atom is -0.355 e. The third-order valence-corrected chi connectivity index (χ3v) is 3.26. The van der Waals surface area contributed by atoms with Gasteiger partial charge in [0.2, 0.25) is 0 Å². The fourth-order valence-corrected chi connectivity index (χ4v) is 2.04. The molecule has 3 rings (SSSR count). The monoisotopic (exact) mass is 298 g/mol. The van der Waals surface area contributed by atoms with Crippen LogP contribution in [0.15, 0.2) is 41.3 Å². The van der Waals surface area contributed by atoms with Crippen molar-refractivity contribution in [3.63, 3.8) is 0 Å². The van der Waals surface area contributed by atoms with Gasteiger partial charge in [0.05, 0.1) is 11.1 Å². The average molecular weight is 298 g/mol. The molecule has 1 aromatic heterocycles. The molecular formula is C15H10N2O5. The first-order valence-electron chi connectivity index (χ1n) is 6.38. The molecule has 0 saturated carbocycles. The van der Waals surface area contributed by atoms with Gasteiger partial charge in [0.15, 0.2) is 5.43 Å². The number of H-pyrrole nitrogens is 1. The van der Waals surface area contributed by atoms with Gasteiger partial charge >= 0.3 is 5.97 Å². The molecule has 1 aromatic carbocycles. The van der Waals surface area contributed by atoms with Crippen molar-refractivity contribution in [2.45, 2.75) is 6.92 Å². The summed E-state index contributed by atoms with van der Waals surface area (Å²) in [6.07, 6.45) is 1.35. The number of hydrogen-bond acceptors (Lipinski definition) is 5. The van der Waals surface area contributed by atoms with Gasteiger partial charge in [0, 0.05) is 17.8 Å². The summed E-state index contributed by atoms with van der Waals surface area (Å²) in [6, 6.07) is 7.20. The minimum absolute atomic E-state index is 0.146. The highest BCUT2D eigenvalue weighted by molar-refractivity contribution is 6.21. The summed E-state index contributed by atoms with van der Waals surface area (Å²) in [5.74, 6) is -2.43. The number of aryl methyl sites for hydroxylation is 1. The molecule has 1 aliphatic rings. The van der Waals surface area contributed by atoms with Gasteiger partial charge in [-0.3, -0.25) is 14.4 Å². The number of fused-ring (bicyclic) bond motifs is 1. The lowest BCUT2D eigenvalue weighted by molar-refractivity contribution is -0.0588. The van der Waals surface area contributed by atoms with Crippen LogP contribution in [0.5, 0.6) is 0 Å². The Morgan fingerprint density at radius 2 is 1.68 bits per heavy atom. The van der Waals surface area contributed by atoms with Crippen molar-refractivity contribution in [1.29, 1.82) is 0 Å². The normalized spacial score (nSPS) is 13.2. The van der Waals surface area contributed by atoms with E-state index in [4.69, 9.17) is 4.84 Å². The SMILES string of the molecule is Cc1c[nH]c(C(=O)ON2C(=O)c3ccccc3C2=O)cc1=O. The van der Waals surface area contributed by atoms with Gasteiger partial charge in [-0.15, -0.1) is 0 Å². The lowest BCUT2D eigenvalue weighted by atomic mass is 10.1. The van der Waals surface area contributed by atoms with Crippen LogP contribution in [0.3, 0.4) is 0 Å². The van der Waals surface area contributed by atoms with E-state index in [0.29, 0.717) is 10.6 Å². The zero-order valence-electron chi connectivity index (χ0n) is 11.5. The van der Waals surface area contributed by atoms with Crippen LogP contribution in [0.2, 0.25) is 0 Å². The van der Waals surface area contributed by atoms with E-state index < -0.39 is 17.8 Å². The van der Waals surface area contributed by atoms with Crippen LogP contribution in [0.1, 0.15) is 36.8 Å². The van der Waals surface area contributed by atoms with Crippen LogP contribution in [-0.2, 0) is 4.84 Å². The predicted molar refractivity (Wildman–Crippen MR) is 74.2 cm³/mol. The molecule has 7 nitrogen and oxygen atoms in total. The Morgan fingerprint density at radius 1 is 1.09 bits per heavy atom. The van der Waals surface area contributed by atoms with Crippen LogP contribution in [0.4, 0.5) is 0 Å². The van der Waals surface area contributed by atoms with Crippen molar-refractivity contribution in [2.75, 3.05) is 0 Å². The van der Waals surface area contributed by atoms with Crippen LogP contribution < -0.4 is 5.43 Å². The van der Waals surface area contributed by atoms with Crippen molar-refractivity contribution in [3.8, 4) is 0 Å². The van der Waals surface area contributed by atoms with Crippen molar-refractivity contribution in [3.05, 3.63) is 69.1 Å². The van der Waals surface area contributed by atoms with Crippen molar-refractivity contribution in [1.82, 2.24) is 10.0 Å². The number of rotatable bonds is 2. The third kappa shape index (κ3) is 2.08. The molecule has 0 unspecified atom stereocenters. The van der Waals surface area contributed by atoms with Crippen LogP contribution in [0.25, 0.3) is 0 Å². The maximum absolute atomic E-state index is 12.1. The number of amides is 2. The number of imide groups is 1. The highest BCUT2D eigenvalue weighted by atomic mass is 16.7. The average Bonchev–Trinajstić information content (AvgIpc) is 2.75. The van der Waals surface area contributed by atoms with Gasteiger partial charge in [-0.05, 0) is 19.1 Å². The van der Waals surface area contributed by atoms with Gasteiger partial charge in [0.1, 0.15) is 5.69 Å². The molecule has 2 amide bonds. The molecule has 0 bridgehead atoms. The van der Waals surface area contributed by atoms with E-state index in [2.05, 4.69) is 4.98 Å². The fourth-order valence-electron chi connectivity index (χ4n) is 2.04. The molecule has 110 valence electrons. The summed E-state index contributed by atoms with van der Waals surface area (Å²) in [6.45, 7) is 1.58. The van der Waals surface area contributed by atoms with E-state index in [0.717, 1.165) is 6.07 Å². The van der Waals surface area contributed by atoms with Gasteiger partial charge in [0.25, 0.3) is 11.8 Å². The van der Waals surface area contributed by atoms with Gasteiger partial charge in [-0.25, -0.2) is 4.79 Å². The zero-order chi connectivity index (χ0) is 15.9. The molecule has 0 spiro atoms. The van der Waals surface area contributed by atoms with E-state index in [9.17, 15) is 19.2 Å². The summed E-state index contributed by atoms with van der Waals surface area (Å²) in [7, 11) is 0. The fraction of sp³-hybridized carbons (Fsp3) is 0.0667. The molecule has 22 heavy (non-hydrogen) atoms. The second-order valence-electron chi connectivity index (χ2n) is 4.72. The number of pyridine rings is 1. The van der Waals surface area contributed by atoms with Gasteiger partial charge in [-0.2, -0.15) is 0 Å². The lowest BCUT2D eigenvalue weighted by Gasteiger charge is -2.12. The number of hydrogen-bond donors (Lipinski definition) is 1. The van der Waals surface area contributed by atoms with E-state index in [1.54, 1.807) is 19.1 Å². The molecule has 2 aromatic rings.